The van der Waals surface area contributed by atoms with Gasteiger partial charge in [-0.05, 0) is 78.7 Å². The van der Waals surface area contributed by atoms with E-state index in [1.165, 1.54) is 34.8 Å². The van der Waals surface area contributed by atoms with E-state index in [4.69, 9.17) is 37.7 Å². The zero-order chi connectivity index (χ0) is 49.6. The van der Waals surface area contributed by atoms with E-state index < -0.39 is 39.7 Å². The van der Waals surface area contributed by atoms with Crippen molar-refractivity contribution in [2.24, 2.45) is 5.92 Å². The largest absolute Gasteiger partial charge is 0.497 e. The number of carboxylic acids is 2. The summed E-state index contributed by atoms with van der Waals surface area (Å²) in [4.78, 5) is 62.5. The maximum Gasteiger partial charge on any atom is 0.328 e. The van der Waals surface area contributed by atoms with E-state index in [0.29, 0.717) is 51.1 Å². The van der Waals surface area contributed by atoms with Gasteiger partial charge in [-0.15, -0.1) is 11.3 Å². The lowest BCUT2D eigenvalue weighted by Crippen LogP contribution is -2.57. The molecule has 2 aliphatic rings. The Morgan fingerprint density at radius 2 is 1.31 bits per heavy atom. The Morgan fingerprint density at radius 3 is 1.93 bits per heavy atom. The van der Waals surface area contributed by atoms with Gasteiger partial charge in [0.05, 0.1) is 62.8 Å². The highest BCUT2D eigenvalue weighted by Crippen LogP contribution is 2.44. The second-order valence-corrected chi connectivity index (χ2v) is 18.7. The van der Waals surface area contributed by atoms with Crippen LogP contribution in [-0.4, -0.2) is 95.0 Å². The second kappa shape index (κ2) is 22.6. The van der Waals surface area contributed by atoms with E-state index in [9.17, 15) is 40.0 Å². The smallest absolute Gasteiger partial charge is 0.328 e. The highest BCUT2D eigenvalue weighted by atomic mass is 35.5. The number of nitro benzene ring substituents is 2. The maximum atomic E-state index is 12.4. The van der Waals surface area contributed by atoms with Crippen molar-refractivity contribution in [3.05, 3.63) is 156 Å². The molecule has 2 aromatic heterocycles. The Kier molecular flexibility index (Phi) is 16.4. The average Bonchev–Trinajstić information content (AvgIpc) is 4.06. The van der Waals surface area contributed by atoms with E-state index in [1.807, 2.05) is 69.8 Å². The number of carboxylic acid groups (broad SMARTS) is 2. The number of hydrogen-bond acceptors (Lipinski definition) is 15. The van der Waals surface area contributed by atoms with Crippen molar-refractivity contribution in [3.63, 3.8) is 0 Å². The summed E-state index contributed by atoms with van der Waals surface area (Å²) in [5, 5.41) is 47.2. The number of aliphatic carboxylic acids is 2. The van der Waals surface area contributed by atoms with E-state index >= 15 is 0 Å². The molecule has 2 N–H and O–H groups in total. The predicted molar refractivity (Wildman–Crippen MR) is 278 cm³/mol. The molecule has 0 saturated carbocycles. The van der Waals surface area contributed by atoms with Gasteiger partial charge in [-0.1, -0.05) is 78.4 Å². The monoisotopic (exact) mass is 1040 g/mol. The van der Waals surface area contributed by atoms with Gasteiger partial charge in [-0.2, -0.15) is 0 Å². The molecule has 2 fully saturated rings. The molecule has 2 aliphatic heterocycles. The second-order valence-electron chi connectivity index (χ2n) is 16.1. The Hall–Kier alpha value is -7.32. The predicted octanol–water partition coefficient (Wildman–Crippen LogP) is 11.5. The first kappa shape index (κ1) is 51.5. The Labute approximate surface area is 426 Å². The van der Waals surface area contributed by atoms with E-state index in [1.54, 1.807) is 67.7 Å². The van der Waals surface area contributed by atoms with Crippen LogP contribution in [0.4, 0.5) is 27.3 Å². The SMILES string of the molecule is C.COc1ccc(-c2nc(N3CCN(c4ccccc4[N+](=O)[O-])C(C(=O)O)C3)sc2-c2ccc(OC)cc2)cc1.O=C(O)C1CN(c2nc(-c3ccc(Cl)c(Cl)c3)cs2)CCC1c1ccccc1[N+](=O)[O-]. The molecule has 7 aromatic rings. The van der Waals surface area contributed by atoms with Crippen molar-refractivity contribution < 1.29 is 39.1 Å². The maximum absolute atomic E-state index is 12.4. The lowest BCUT2D eigenvalue weighted by Gasteiger charge is -2.40. The van der Waals surface area contributed by atoms with E-state index in [2.05, 4.69) is 4.98 Å². The number of thiazole rings is 2. The number of aromatic nitrogens is 2. The van der Waals surface area contributed by atoms with Gasteiger partial charge in [0.25, 0.3) is 11.4 Å². The normalized spacial score (nSPS) is 16.5. The first-order valence-electron chi connectivity index (χ1n) is 21.6. The van der Waals surface area contributed by atoms with Crippen LogP contribution in [0, 0.1) is 26.1 Å². The highest BCUT2D eigenvalue weighted by molar-refractivity contribution is 7.19. The first-order valence-corrected chi connectivity index (χ1v) is 24.1. The van der Waals surface area contributed by atoms with Gasteiger partial charge in [0.2, 0.25) is 0 Å². The van der Waals surface area contributed by atoms with Crippen molar-refractivity contribution in [2.75, 3.05) is 61.6 Å². The number of hydrogen-bond donors (Lipinski definition) is 2. The molecule has 0 radical (unpaired) electrons. The zero-order valence-electron chi connectivity index (χ0n) is 37.4. The van der Waals surface area contributed by atoms with Gasteiger partial charge < -0.3 is 34.4 Å². The molecule has 3 atom stereocenters. The van der Waals surface area contributed by atoms with Crippen LogP contribution in [0.3, 0.4) is 0 Å². The minimum atomic E-state index is -1.06. The third kappa shape index (κ3) is 11.3. The molecule has 17 nitrogen and oxygen atoms in total. The number of nitrogens with zero attached hydrogens (tertiary/aromatic N) is 7. The molecular weight excluding hydrogens is 994 g/mol. The van der Waals surface area contributed by atoms with Crippen LogP contribution in [0.5, 0.6) is 11.5 Å². The molecule has 0 aliphatic carbocycles. The van der Waals surface area contributed by atoms with Gasteiger partial charge >= 0.3 is 11.9 Å². The summed E-state index contributed by atoms with van der Waals surface area (Å²) >= 11 is 15.0. The lowest BCUT2D eigenvalue weighted by atomic mass is 9.80. The number of anilines is 3. The minimum absolute atomic E-state index is 0. The van der Waals surface area contributed by atoms with Crippen molar-refractivity contribution in [3.8, 4) is 44.5 Å². The number of ether oxygens (including phenoxy) is 2. The fourth-order valence-corrected chi connectivity index (χ4v) is 10.9. The van der Waals surface area contributed by atoms with Gasteiger partial charge in [0.15, 0.2) is 10.3 Å². The van der Waals surface area contributed by atoms with Crippen LogP contribution in [0.1, 0.15) is 25.3 Å². The highest BCUT2D eigenvalue weighted by Gasteiger charge is 2.40. The quantitative estimate of drug-likeness (QED) is 0.0811. The molecule has 4 heterocycles. The third-order valence-electron chi connectivity index (χ3n) is 12.1. The van der Waals surface area contributed by atoms with Crippen LogP contribution in [0.25, 0.3) is 33.0 Å². The van der Waals surface area contributed by atoms with Crippen molar-refractivity contribution in [1.82, 2.24) is 9.97 Å². The van der Waals surface area contributed by atoms with Crippen LogP contribution in [0.2, 0.25) is 10.0 Å². The van der Waals surface area contributed by atoms with Gasteiger partial charge in [-0.3, -0.25) is 25.0 Å². The van der Waals surface area contributed by atoms with E-state index in [-0.39, 0.29) is 38.4 Å². The Balaban J connectivity index is 0.000000211. The molecule has 0 amide bonds. The number of piperidine rings is 1. The number of para-hydroxylation sites is 3. The van der Waals surface area contributed by atoms with Crippen LogP contribution in [-0.2, 0) is 9.59 Å². The minimum Gasteiger partial charge on any atom is -0.497 e. The van der Waals surface area contributed by atoms with Crippen molar-refractivity contribution in [2.45, 2.75) is 25.8 Å². The fourth-order valence-electron chi connectivity index (χ4n) is 8.56. The summed E-state index contributed by atoms with van der Waals surface area (Å²) in [6, 6.07) is 32.2. The van der Waals surface area contributed by atoms with Crippen molar-refractivity contribution in [1.29, 1.82) is 0 Å². The standard InChI is InChI=1S/C28H26N4O6S.C21H17Cl2N3O4S.CH4/c1-37-20-11-7-18(8-12-20)25-26(19-9-13-21(38-2)14-10-19)39-28(29-25)30-15-16-31(24(17-30)27(33)34)22-5-3-4-6-23(22)32(35)36;22-16-6-5-12(9-17(16)23)18-11-31-21(24-18)25-8-7-13(15(10-25)20(27)28)14-3-1-2-4-19(14)26(29)30;/h3-14,24H,15-17H2,1-2H3,(H,33,34);1-6,9,11,13,15H,7-8,10H2,(H,27,28);1H4. The van der Waals surface area contributed by atoms with Crippen LogP contribution >= 0.6 is 45.9 Å². The molecule has 0 spiro atoms. The van der Waals surface area contributed by atoms with Crippen molar-refractivity contribution >= 4 is 85.1 Å². The number of benzene rings is 5. The number of nitro groups is 2. The molecule has 21 heteroatoms. The molecule has 3 unspecified atom stereocenters. The Morgan fingerprint density at radius 1 is 0.704 bits per heavy atom. The van der Waals surface area contributed by atoms with Gasteiger partial charge in [0.1, 0.15) is 23.2 Å². The first-order chi connectivity index (χ1) is 33.7. The van der Waals surface area contributed by atoms with Gasteiger partial charge in [-0.25, -0.2) is 14.8 Å². The summed E-state index contributed by atoms with van der Waals surface area (Å²) in [6.45, 7) is 1.64. The number of piperazine rings is 1. The lowest BCUT2D eigenvalue weighted by molar-refractivity contribution is -0.385. The van der Waals surface area contributed by atoms with Gasteiger partial charge in [0, 0.05) is 66.3 Å². The van der Waals surface area contributed by atoms with Crippen LogP contribution in [0.15, 0.2) is 121 Å². The van der Waals surface area contributed by atoms with E-state index in [0.717, 1.165) is 44.5 Å². The summed E-state index contributed by atoms with van der Waals surface area (Å²) in [7, 11) is 3.23. The molecule has 71 heavy (non-hydrogen) atoms. The molecule has 9 rings (SSSR count). The third-order valence-corrected chi connectivity index (χ3v) is 14.9. The average molecular weight is 1040 g/mol. The number of rotatable bonds is 13. The molecule has 368 valence electrons. The molecule has 5 aromatic carbocycles. The van der Waals surface area contributed by atoms with Crippen LogP contribution < -0.4 is 24.2 Å². The molecular formula is C50H47Cl2N7O10S2. The molecule has 2 saturated heterocycles. The summed E-state index contributed by atoms with van der Waals surface area (Å²) < 4.78 is 10.6. The number of halogens is 2. The Bertz CT molecular complexity index is 2980. The topological polar surface area (TPSA) is 215 Å². The summed E-state index contributed by atoms with van der Waals surface area (Å²) in [5.41, 5.74) is 4.79. The number of carbonyl (C=O) groups is 2. The zero-order valence-corrected chi connectivity index (χ0v) is 40.5. The summed E-state index contributed by atoms with van der Waals surface area (Å²) in [6.07, 6.45) is 0.476. The number of methoxy groups -OCH3 is 2. The molecule has 0 bridgehead atoms. The fraction of sp³-hybridized carbons (Fsp3) is 0.240. The summed E-state index contributed by atoms with van der Waals surface area (Å²) in [5.74, 6) is -1.79.